The van der Waals surface area contributed by atoms with E-state index in [0.29, 0.717) is 11.5 Å². The Labute approximate surface area is 165 Å². The van der Waals surface area contributed by atoms with Crippen LogP contribution in [0.5, 0.6) is 0 Å². The van der Waals surface area contributed by atoms with Gasteiger partial charge in [0.25, 0.3) is 0 Å². The van der Waals surface area contributed by atoms with Gasteiger partial charge in [-0.2, -0.15) is 0 Å². The molecule has 2 aromatic rings. The average molecular weight is 378 g/mol. The molecule has 2 amide bonds. The highest BCUT2D eigenvalue weighted by Gasteiger charge is 2.47. The summed E-state index contributed by atoms with van der Waals surface area (Å²) in [6.07, 6.45) is 2.28. The molecule has 4 rings (SSSR count). The van der Waals surface area contributed by atoms with Gasteiger partial charge in [0.1, 0.15) is 5.82 Å². The fourth-order valence-corrected chi connectivity index (χ4v) is 4.50. The number of hydrogen-bond acceptors (Lipinski definition) is 4. The van der Waals surface area contributed by atoms with Crippen molar-refractivity contribution >= 4 is 23.3 Å². The van der Waals surface area contributed by atoms with Gasteiger partial charge in [-0.05, 0) is 61.6 Å². The van der Waals surface area contributed by atoms with Crippen LogP contribution in [0.15, 0.2) is 36.4 Å². The summed E-state index contributed by atoms with van der Waals surface area (Å²) in [5.74, 6) is 1.02. The maximum absolute atomic E-state index is 12.6. The lowest BCUT2D eigenvalue weighted by atomic mass is 9.79. The fourth-order valence-electron chi connectivity index (χ4n) is 4.50. The van der Waals surface area contributed by atoms with Crippen molar-refractivity contribution in [1.29, 1.82) is 0 Å². The first-order valence-corrected chi connectivity index (χ1v) is 9.80. The summed E-state index contributed by atoms with van der Waals surface area (Å²) in [6.45, 7) is 5.75. The predicted octanol–water partition coefficient (Wildman–Crippen LogP) is 3.42. The summed E-state index contributed by atoms with van der Waals surface area (Å²) in [4.78, 5) is 30.9. The van der Waals surface area contributed by atoms with Crippen molar-refractivity contribution < 1.29 is 9.59 Å². The van der Waals surface area contributed by atoms with Crippen LogP contribution in [0.25, 0.3) is 0 Å². The van der Waals surface area contributed by atoms with E-state index in [-0.39, 0.29) is 23.9 Å². The molecule has 1 aliphatic heterocycles. The summed E-state index contributed by atoms with van der Waals surface area (Å²) < 4.78 is 0. The number of amides is 2. The van der Waals surface area contributed by atoms with Gasteiger partial charge in [0, 0.05) is 35.8 Å². The number of carbonyl (C=O) groups is 2. The zero-order valence-corrected chi connectivity index (χ0v) is 16.5. The predicted molar refractivity (Wildman–Crippen MR) is 109 cm³/mol. The van der Waals surface area contributed by atoms with E-state index in [1.165, 1.54) is 0 Å². The van der Waals surface area contributed by atoms with Crippen molar-refractivity contribution in [3.8, 4) is 0 Å². The SMILES string of the molecule is CC(=O)N1c2ccc(C(N)=O)cc2C(Nc2cccc(C)n2)C(C)C1C1CC1. The van der Waals surface area contributed by atoms with Crippen LogP contribution < -0.4 is 16.0 Å². The molecule has 2 aliphatic rings. The van der Waals surface area contributed by atoms with Gasteiger partial charge in [0.2, 0.25) is 11.8 Å². The van der Waals surface area contributed by atoms with E-state index < -0.39 is 5.91 Å². The number of carbonyl (C=O) groups excluding carboxylic acids is 2. The van der Waals surface area contributed by atoms with Gasteiger partial charge in [0.05, 0.1) is 6.04 Å². The molecular weight excluding hydrogens is 352 g/mol. The Morgan fingerprint density at radius 1 is 1.21 bits per heavy atom. The lowest BCUT2D eigenvalue weighted by Crippen LogP contribution is -2.51. The second-order valence-corrected chi connectivity index (χ2v) is 8.00. The van der Waals surface area contributed by atoms with E-state index in [9.17, 15) is 9.59 Å². The molecule has 3 N–H and O–H groups in total. The molecule has 1 aromatic carbocycles. The number of aryl methyl sites for hydroxylation is 1. The highest BCUT2D eigenvalue weighted by atomic mass is 16.2. The molecular formula is C22H26N4O2. The third kappa shape index (κ3) is 3.23. The first-order chi connectivity index (χ1) is 13.4. The second kappa shape index (κ2) is 6.93. The van der Waals surface area contributed by atoms with Gasteiger partial charge < -0.3 is 16.0 Å². The number of nitrogens with zero attached hydrogens (tertiary/aromatic N) is 2. The zero-order valence-electron chi connectivity index (χ0n) is 16.5. The number of aromatic nitrogens is 1. The lowest BCUT2D eigenvalue weighted by Gasteiger charge is -2.46. The summed E-state index contributed by atoms with van der Waals surface area (Å²) in [5, 5.41) is 3.56. The van der Waals surface area contributed by atoms with E-state index >= 15 is 0 Å². The molecule has 3 unspecified atom stereocenters. The van der Waals surface area contributed by atoms with Crippen LogP contribution in [-0.4, -0.2) is 22.8 Å². The van der Waals surface area contributed by atoms with Crippen LogP contribution in [-0.2, 0) is 4.79 Å². The normalized spacial score (nSPS) is 23.8. The number of benzene rings is 1. The Kier molecular flexibility index (Phi) is 4.57. The van der Waals surface area contributed by atoms with Crippen molar-refractivity contribution in [3.05, 3.63) is 53.2 Å². The Morgan fingerprint density at radius 2 is 1.96 bits per heavy atom. The van der Waals surface area contributed by atoms with Crippen LogP contribution in [0.3, 0.4) is 0 Å². The lowest BCUT2D eigenvalue weighted by molar-refractivity contribution is -0.117. The summed E-state index contributed by atoms with van der Waals surface area (Å²) >= 11 is 0. The molecule has 0 bridgehead atoms. The number of fused-ring (bicyclic) bond motifs is 1. The molecule has 2 heterocycles. The molecule has 1 fully saturated rings. The minimum atomic E-state index is -0.471. The van der Waals surface area contributed by atoms with Crippen molar-refractivity contribution in [2.45, 2.75) is 45.7 Å². The van der Waals surface area contributed by atoms with Gasteiger partial charge >= 0.3 is 0 Å². The Morgan fingerprint density at radius 3 is 2.57 bits per heavy atom. The second-order valence-electron chi connectivity index (χ2n) is 8.00. The van der Waals surface area contributed by atoms with E-state index in [2.05, 4.69) is 17.2 Å². The highest BCUT2D eigenvalue weighted by Crippen LogP contribution is 2.50. The number of anilines is 2. The summed E-state index contributed by atoms with van der Waals surface area (Å²) in [6, 6.07) is 11.3. The molecule has 0 radical (unpaired) electrons. The first-order valence-electron chi connectivity index (χ1n) is 9.80. The molecule has 6 heteroatoms. The summed E-state index contributed by atoms with van der Waals surface area (Å²) in [5.41, 5.74) is 8.68. The fraction of sp³-hybridized carbons (Fsp3) is 0.409. The summed E-state index contributed by atoms with van der Waals surface area (Å²) in [7, 11) is 0. The maximum Gasteiger partial charge on any atom is 0.248 e. The highest BCUT2D eigenvalue weighted by molar-refractivity contribution is 5.97. The number of primary amides is 1. The van der Waals surface area contributed by atoms with Gasteiger partial charge in [0.15, 0.2) is 0 Å². The molecule has 0 saturated heterocycles. The van der Waals surface area contributed by atoms with Crippen LogP contribution >= 0.6 is 0 Å². The minimum absolute atomic E-state index is 0.0314. The van der Waals surface area contributed by atoms with E-state index in [4.69, 9.17) is 5.73 Å². The molecule has 3 atom stereocenters. The topological polar surface area (TPSA) is 88.3 Å². The van der Waals surface area contributed by atoms with Crippen molar-refractivity contribution in [1.82, 2.24) is 4.98 Å². The quantitative estimate of drug-likeness (QED) is 0.853. The van der Waals surface area contributed by atoms with E-state index in [1.807, 2.05) is 42.2 Å². The van der Waals surface area contributed by atoms with Gasteiger partial charge in [-0.3, -0.25) is 9.59 Å². The van der Waals surface area contributed by atoms with Crippen molar-refractivity contribution in [3.63, 3.8) is 0 Å². The molecule has 6 nitrogen and oxygen atoms in total. The van der Waals surface area contributed by atoms with Crippen LogP contribution in [0.2, 0.25) is 0 Å². The van der Waals surface area contributed by atoms with E-state index in [1.54, 1.807) is 13.0 Å². The molecule has 1 saturated carbocycles. The zero-order chi connectivity index (χ0) is 20.0. The van der Waals surface area contributed by atoms with Crippen LogP contribution in [0, 0.1) is 18.8 Å². The number of nitrogens with one attached hydrogen (secondary N) is 1. The molecule has 146 valence electrons. The molecule has 1 aliphatic carbocycles. The molecule has 0 spiro atoms. The standard InChI is InChI=1S/C22H26N4O2/c1-12-5-4-6-19(24-12)25-20-13(2)21(15-7-8-15)26(14(3)27)18-10-9-16(22(23)28)11-17(18)20/h4-6,9-11,13,15,20-21H,7-8H2,1-3H3,(H2,23,28)(H,24,25). The Balaban J connectivity index is 1.83. The third-order valence-corrected chi connectivity index (χ3v) is 5.91. The van der Waals surface area contributed by atoms with Crippen LogP contribution in [0.1, 0.15) is 54.3 Å². The van der Waals surface area contributed by atoms with Gasteiger partial charge in [-0.25, -0.2) is 4.98 Å². The number of hydrogen-bond donors (Lipinski definition) is 2. The first kappa shape index (κ1) is 18.5. The number of rotatable bonds is 4. The van der Waals surface area contributed by atoms with Crippen LogP contribution in [0.4, 0.5) is 11.5 Å². The Bertz CT molecular complexity index is 938. The minimum Gasteiger partial charge on any atom is -0.366 e. The average Bonchev–Trinajstić information content (AvgIpc) is 3.47. The maximum atomic E-state index is 12.6. The number of nitrogens with two attached hydrogens (primary N) is 1. The number of pyridine rings is 1. The largest absolute Gasteiger partial charge is 0.366 e. The Hall–Kier alpha value is -2.89. The smallest absolute Gasteiger partial charge is 0.248 e. The van der Waals surface area contributed by atoms with Gasteiger partial charge in [-0.15, -0.1) is 0 Å². The third-order valence-electron chi connectivity index (χ3n) is 5.91. The van der Waals surface area contributed by atoms with E-state index in [0.717, 1.165) is 35.6 Å². The van der Waals surface area contributed by atoms with Crippen molar-refractivity contribution in [2.24, 2.45) is 17.6 Å². The van der Waals surface area contributed by atoms with Gasteiger partial charge in [-0.1, -0.05) is 13.0 Å². The molecule has 1 aromatic heterocycles. The van der Waals surface area contributed by atoms with Crippen molar-refractivity contribution in [2.75, 3.05) is 10.2 Å². The molecule has 28 heavy (non-hydrogen) atoms. The monoisotopic (exact) mass is 378 g/mol.